The first kappa shape index (κ1) is 18.0. The molecule has 0 aromatic rings. The number of hydrogen-bond donors (Lipinski definition) is 1. The summed E-state index contributed by atoms with van der Waals surface area (Å²) in [5, 5.41) is 9.92. The Balaban J connectivity index is 2.98. The van der Waals surface area contributed by atoms with E-state index in [0.29, 0.717) is 18.9 Å². The number of methoxy groups -OCH3 is 1. The second kappa shape index (κ2) is 8.38. The van der Waals surface area contributed by atoms with Crippen LogP contribution < -0.4 is 0 Å². The van der Waals surface area contributed by atoms with Crippen molar-refractivity contribution in [3.8, 4) is 0 Å². The summed E-state index contributed by atoms with van der Waals surface area (Å²) < 4.78 is 5.21. The second-order valence-corrected chi connectivity index (χ2v) is 6.42. The van der Waals surface area contributed by atoms with Crippen LogP contribution in [0.2, 0.25) is 0 Å². The van der Waals surface area contributed by atoms with Crippen LogP contribution in [0.4, 0.5) is 0 Å². The highest BCUT2D eigenvalue weighted by Gasteiger charge is 2.45. The van der Waals surface area contributed by atoms with Crippen LogP contribution in [0.15, 0.2) is 23.8 Å². The molecule has 0 bridgehead atoms. The zero-order valence-electron chi connectivity index (χ0n) is 13.9. The van der Waals surface area contributed by atoms with Gasteiger partial charge in [0.15, 0.2) is 0 Å². The van der Waals surface area contributed by atoms with Gasteiger partial charge in [-0.3, -0.25) is 4.79 Å². The average molecular weight is 294 g/mol. The molecule has 0 fully saturated rings. The number of carbonyl (C=O) groups is 1. The summed E-state index contributed by atoms with van der Waals surface area (Å²) in [4.78, 5) is 12.1. The van der Waals surface area contributed by atoms with Gasteiger partial charge < -0.3 is 9.84 Å². The van der Waals surface area contributed by atoms with Gasteiger partial charge in [-0.1, -0.05) is 57.4 Å². The van der Waals surface area contributed by atoms with E-state index in [2.05, 4.69) is 26.8 Å². The predicted octanol–water partition coefficient (Wildman–Crippen LogP) is 4.44. The number of carboxylic acid groups (broad SMARTS) is 1. The van der Waals surface area contributed by atoms with Crippen LogP contribution in [0, 0.1) is 17.3 Å². The molecular weight excluding hydrogens is 264 g/mol. The minimum Gasteiger partial charge on any atom is -0.481 e. The van der Waals surface area contributed by atoms with E-state index >= 15 is 0 Å². The molecule has 3 nitrogen and oxygen atoms in total. The number of aliphatic carboxylic acids is 1. The van der Waals surface area contributed by atoms with Crippen molar-refractivity contribution in [2.24, 2.45) is 17.3 Å². The molecular formula is C18H30O3. The molecule has 0 aromatic carbocycles. The molecule has 0 saturated carbocycles. The van der Waals surface area contributed by atoms with E-state index in [1.54, 1.807) is 7.11 Å². The molecule has 0 radical (unpaired) electrons. The number of hydrogen-bond acceptors (Lipinski definition) is 2. The minimum absolute atomic E-state index is 0.0529. The van der Waals surface area contributed by atoms with E-state index in [4.69, 9.17) is 4.74 Å². The predicted molar refractivity (Wildman–Crippen MR) is 86.3 cm³/mol. The SMILES string of the molecule is CCC1=CC=CC(CCCC(C)C)(C(=O)O)C1CCOC. The molecule has 0 amide bonds. The van der Waals surface area contributed by atoms with Crippen molar-refractivity contribution in [3.63, 3.8) is 0 Å². The number of ether oxygens (including phenoxy) is 1. The van der Waals surface area contributed by atoms with Gasteiger partial charge in [0.1, 0.15) is 0 Å². The summed E-state index contributed by atoms with van der Waals surface area (Å²) in [5.41, 5.74) is 0.481. The highest BCUT2D eigenvalue weighted by atomic mass is 16.5. The molecule has 0 heterocycles. The largest absolute Gasteiger partial charge is 0.481 e. The van der Waals surface area contributed by atoms with Crippen molar-refractivity contribution >= 4 is 5.97 Å². The van der Waals surface area contributed by atoms with Crippen LogP contribution in [-0.2, 0) is 9.53 Å². The van der Waals surface area contributed by atoms with Gasteiger partial charge in [0.05, 0.1) is 5.41 Å². The third-order valence-corrected chi connectivity index (χ3v) is 4.56. The summed E-state index contributed by atoms with van der Waals surface area (Å²) in [6.45, 7) is 7.08. The van der Waals surface area contributed by atoms with Gasteiger partial charge in [-0.15, -0.1) is 0 Å². The maximum absolute atomic E-state index is 12.1. The molecule has 1 N–H and O–H groups in total. The zero-order chi connectivity index (χ0) is 15.9. The molecule has 2 unspecified atom stereocenters. The minimum atomic E-state index is -0.756. The number of rotatable bonds is 9. The third-order valence-electron chi connectivity index (χ3n) is 4.56. The Morgan fingerprint density at radius 1 is 1.48 bits per heavy atom. The van der Waals surface area contributed by atoms with E-state index in [-0.39, 0.29) is 5.92 Å². The van der Waals surface area contributed by atoms with Gasteiger partial charge in [0.2, 0.25) is 0 Å². The maximum Gasteiger partial charge on any atom is 0.314 e. The van der Waals surface area contributed by atoms with E-state index < -0.39 is 11.4 Å². The smallest absolute Gasteiger partial charge is 0.314 e. The van der Waals surface area contributed by atoms with Gasteiger partial charge in [-0.25, -0.2) is 0 Å². The van der Waals surface area contributed by atoms with Crippen molar-refractivity contribution in [2.75, 3.05) is 13.7 Å². The van der Waals surface area contributed by atoms with Crippen molar-refractivity contribution in [1.29, 1.82) is 0 Å². The second-order valence-electron chi connectivity index (χ2n) is 6.42. The quantitative estimate of drug-likeness (QED) is 0.683. The van der Waals surface area contributed by atoms with Gasteiger partial charge >= 0.3 is 5.97 Å². The highest BCUT2D eigenvalue weighted by molar-refractivity contribution is 5.79. The van der Waals surface area contributed by atoms with Gasteiger partial charge in [0.25, 0.3) is 0 Å². The fourth-order valence-corrected chi connectivity index (χ4v) is 3.34. The van der Waals surface area contributed by atoms with Crippen molar-refractivity contribution in [3.05, 3.63) is 23.8 Å². The molecule has 0 aromatic heterocycles. The lowest BCUT2D eigenvalue weighted by Gasteiger charge is -2.38. The lowest BCUT2D eigenvalue weighted by atomic mass is 9.64. The fraction of sp³-hybridized carbons (Fsp3) is 0.722. The lowest BCUT2D eigenvalue weighted by Crippen LogP contribution is -2.40. The molecule has 1 rings (SSSR count). The Bertz CT molecular complexity index is 395. The fourth-order valence-electron chi connectivity index (χ4n) is 3.34. The zero-order valence-corrected chi connectivity index (χ0v) is 13.9. The van der Waals surface area contributed by atoms with Crippen LogP contribution in [0.25, 0.3) is 0 Å². The van der Waals surface area contributed by atoms with Crippen LogP contribution in [-0.4, -0.2) is 24.8 Å². The summed E-state index contributed by atoms with van der Waals surface area (Å²) in [6.07, 6.45) is 10.3. The van der Waals surface area contributed by atoms with Crippen LogP contribution in [0.1, 0.15) is 52.9 Å². The Hall–Kier alpha value is -1.09. The summed E-state index contributed by atoms with van der Waals surface area (Å²) >= 11 is 0. The maximum atomic E-state index is 12.1. The summed E-state index contributed by atoms with van der Waals surface area (Å²) in [7, 11) is 1.68. The van der Waals surface area contributed by atoms with E-state index in [1.165, 1.54) is 5.57 Å². The lowest BCUT2D eigenvalue weighted by molar-refractivity contribution is -0.149. The Morgan fingerprint density at radius 3 is 2.71 bits per heavy atom. The van der Waals surface area contributed by atoms with E-state index in [9.17, 15) is 9.90 Å². The Labute approximate surface area is 129 Å². The molecule has 0 aliphatic heterocycles. The molecule has 0 spiro atoms. The summed E-state index contributed by atoms with van der Waals surface area (Å²) in [6, 6.07) is 0. The average Bonchev–Trinajstić information content (AvgIpc) is 2.44. The molecule has 21 heavy (non-hydrogen) atoms. The first-order chi connectivity index (χ1) is 9.97. The monoisotopic (exact) mass is 294 g/mol. The first-order valence-corrected chi connectivity index (χ1v) is 8.08. The van der Waals surface area contributed by atoms with Crippen LogP contribution in [0.3, 0.4) is 0 Å². The molecule has 3 heteroatoms. The van der Waals surface area contributed by atoms with Gasteiger partial charge in [-0.2, -0.15) is 0 Å². The molecule has 2 atom stereocenters. The summed E-state index contributed by atoms with van der Waals surface area (Å²) in [5.74, 6) is -0.0261. The molecule has 120 valence electrons. The van der Waals surface area contributed by atoms with E-state index in [1.807, 2.05) is 12.2 Å². The highest BCUT2D eigenvalue weighted by Crippen LogP contribution is 2.45. The number of carboxylic acids is 1. The molecule has 1 aliphatic rings. The Morgan fingerprint density at radius 2 is 2.19 bits per heavy atom. The topological polar surface area (TPSA) is 46.5 Å². The molecule has 1 aliphatic carbocycles. The van der Waals surface area contributed by atoms with Crippen LogP contribution >= 0.6 is 0 Å². The standard InChI is InChI=1S/C18H30O3/c1-5-15-9-7-12-18(17(19)20,11-6-8-14(2)3)16(15)10-13-21-4/h7,9,12,14,16H,5-6,8,10-11,13H2,1-4H3,(H,19,20). The third kappa shape index (κ3) is 4.44. The van der Waals surface area contributed by atoms with Crippen LogP contribution in [0.5, 0.6) is 0 Å². The Kier molecular flexibility index (Phi) is 7.16. The number of allylic oxidation sites excluding steroid dienone is 3. The van der Waals surface area contributed by atoms with Crippen molar-refractivity contribution < 1.29 is 14.6 Å². The molecule has 0 saturated heterocycles. The van der Waals surface area contributed by atoms with Gasteiger partial charge in [0, 0.05) is 19.6 Å². The van der Waals surface area contributed by atoms with Crippen molar-refractivity contribution in [2.45, 2.75) is 52.9 Å². The normalized spacial score (nSPS) is 25.2. The first-order valence-electron chi connectivity index (χ1n) is 8.08. The van der Waals surface area contributed by atoms with Gasteiger partial charge in [-0.05, 0) is 25.2 Å². The van der Waals surface area contributed by atoms with Crippen molar-refractivity contribution in [1.82, 2.24) is 0 Å². The van der Waals surface area contributed by atoms with E-state index in [0.717, 1.165) is 25.7 Å².